The molecule has 3 amide bonds. The van der Waals surface area contributed by atoms with E-state index in [-0.39, 0.29) is 24.3 Å². The van der Waals surface area contributed by atoms with E-state index in [2.05, 4.69) is 9.97 Å². The summed E-state index contributed by atoms with van der Waals surface area (Å²) < 4.78 is 10.2. The fraction of sp³-hybridized carbons (Fsp3) is 0.107. The quantitative estimate of drug-likeness (QED) is 0.352. The largest absolute Gasteiger partial charge is 0.497 e. The minimum atomic E-state index is -1.30. The normalized spacial score (nSPS) is 12.5. The second-order valence-corrected chi connectivity index (χ2v) is 8.38. The van der Waals surface area contributed by atoms with Crippen molar-refractivity contribution >= 4 is 46.9 Å². The van der Waals surface area contributed by atoms with Crippen LogP contribution in [-0.4, -0.2) is 46.9 Å². The summed E-state index contributed by atoms with van der Waals surface area (Å²) in [5, 5.41) is 9.00. The maximum Gasteiger partial charge on any atom is 0.421 e. The first-order valence-electron chi connectivity index (χ1n) is 11.9. The second-order valence-electron chi connectivity index (χ2n) is 8.38. The number of hydrogen-bond donors (Lipinski definition) is 1. The van der Waals surface area contributed by atoms with Gasteiger partial charge in [-0.2, -0.15) is 4.98 Å². The smallest absolute Gasteiger partial charge is 0.421 e. The summed E-state index contributed by atoms with van der Waals surface area (Å²) in [5.41, 5.74) is 2.21. The summed E-state index contributed by atoms with van der Waals surface area (Å²) in [5.74, 6) is -0.440. The molecule has 0 atom stereocenters. The lowest BCUT2D eigenvalue weighted by atomic mass is 10.1. The van der Waals surface area contributed by atoms with Crippen LogP contribution in [0.25, 0.3) is 0 Å². The summed E-state index contributed by atoms with van der Waals surface area (Å²) in [6.45, 7) is -0.655. The predicted octanol–water partition coefficient (Wildman–Crippen LogP) is 5.12. The molecule has 39 heavy (non-hydrogen) atoms. The number of fused-ring (bicyclic) bond motifs is 1. The van der Waals surface area contributed by atoms with Gasteiger partial charge in [0, 0.05) is 17.4 Å². The second kappa shape index (κ2) is 10.9. The molecule has 196 valence electrons. The lowest BCUT2D eigenvalue weighted by molar-refractivity contribution is -0.140. The number of anilines is 5. The zero-order chi connectivity index (χ0) is 27.4. The predicted molar refractivity (Wildman–Crippen MR) is 143 cm³/mol. The number of benzene rings is 3. The third-order valence-electron chi connectivity index (χ3n) is 5.91. The van der Waals surface area contributed by atoms with Gasteiger partial charge in [-0.15, -0.1) is 0 Å². The molecule has 1 N–H and O–H groups in total. The number of carboxylic acid groups (broad SMARTS) is 1. The van der Waals surface area contributed by atoms with E-state index < -0.39 is 18.7 Å². The van der Waals surface area contributed by atoms with E-state index in [0.29, 0.717) is 28.4 Å². The van der Waals surface area contributed by atoms with Gasteiger partial charge < -0.3 is 14.6 Å². The highest BCUT2D eigenvalue weighted by atomic mass is 16.6. The molecule has 0 saturated heterocycles. The number of aromatic nitrogens is 2. The minimum Gasteiger partial charge on any atom is -0.497 e. The molecule has 11 nitrogen and oxygen atoms in total. The first-order valence-corrected chi connectivity index (χ1v) is 11.9. The topological polar surface area (TPSA) is 125 Å². The van der Waals surface area contributed by atoms with Crippen LogP contribution in [0.1, 0.15) is 5.56 Å². The van der Waals surface area contributed by atoms with E-state index in [1.807, 2.05) is 6.07 Å². The van der Waals surface area contributed by atoms with Crippen LogP contribution >= 0.6 is 0 Å². The Hall–Kier alpha value is -5.45. The summed E-state index contributed by atoms with van der Waals surface area (Å²) in [6.07, 6.45) is 0.563. The summed E-state index contributed by atoms with van der Waals surface area (Å²) >= 11 is 0. The van der Waals surface area contributed by atoms with Crippen molar-refractivity contribution in [3.8, 4) is 5.75 Å². The standard InChI is InChI=1S/C28H23N5O6/c1-38-23-14-12-20(13-15-23)31-17-19-16-29-26(30-25(19)32(27(31)36)21-8-4-2-5-9-21)33(22-10-6-3-7-11-22)28(37)39-18-24(34)35/h2-16H,17-18H2,1H3,(H,34,35). The number of carbonyl (C=O) groups is 3. The first kappa shape index (κ1) is 25.2. The average molecular weight is 526 g/mol. The molecule has 0 radical (unpaired) electrons. The van der Waals surface area contributed by atoms with E-state index in [1.54, 1.807) is 90.9 Å². The molecule has 2 heterocycles. The van der Waals surface area contributed by atoms with Gasteiger partial charge in [-0.3, -0.25) is 4.90 Å². The lowest BCUT2D eigenvalue weighted by Gasteiger charge is -2.36. The maximum atomic E-state index is 13.9. The molecule has 11 heteroatoms. The number of urea groups is 1. The minimum absolute atomic E-state index is 0.0815. The summed E-state index contributed by atoms with van der Waals surface area (Å²) in [7, 11) is 1.57. The molecule has 0 bridgehead atoms. The van der Waals surface area contributed by atoms with Gasteiger partial charge in [0.1, 0.15) is 5.75 Å². The van der Waals surface area contributed by atoms with Crippen LogP contribution in [0.5, 0.6) is 5.75 Å². The SMILES string of the molecule is COc1ccc(N2Cc3cnc(N(C(=O)OCC(=O)O)c4ccccc4)nc3N(c3ccccc3)C2=O)cc1. The van der Waals surface area contributed by atoms with E-state index in [4.69, 9.17) is 14.6 Å². The van der Waals surface area contributed by atoms with Crippen molar-refractivity contribution < 1.29 is 29.0 Å². The van der Waals surface area contributed by atoms with Crippen molar-refractivity contribution in [2.24, 2.45) is 0 Å². The lowest BCUT2D eigenvalue weighted by Crippen LogP contribution is -2.45. The Labute approximate surface area is 223 Å². The molecule has 0 fully saturated rings. The molecule has 0 spiro atoms. The van der Waals surface area contributed by atoms with E-state index in [1.165, 1.54) is 11.1 Å². The Bertz CT molecular complexity index is 1500. The highest BCUT2D eigenvalue weighted by Crippen LogP contribution is 2.37. The zero-order valence-corrected chi connectivity index (χ0v) is 20.8. The number of carbonyl (C=O) groups excluding carboxylic acids is 2. The fourth-order valence-electron chi connectivity index (χ4n) is 4.09. The molecule has 1 aliphatic rings. The monoisotopic (exact) mass is 525 g/mol. The van der Waals surface area contributed by atoms with Crippen molar-refractivity contribution in [1.82, 2.24) is 9.97 Å². The number of carboxylic acids is 1. The number of amides is 3. The van der Waals surface area contributed by atoms with Crippen LogP contribution in [-0.2, 0) is 16.1 Å². The highest BCUT2D eigenvalue weighted by Gasteiger charge is 2.35. The van der Waals surface area contributed by atoms with Crippen molar-refractivity contribution in [2.45, 2.75) is 6.54 Å². The fourth-order valence-corrected chi connectivity index (χ4v) is 4.09. The van der Waals surface area contributed by atoms with Crippen LogP contribution < -0.4 is 19.4 Å². The number of rotatable bonds is 7. The number of nitrogens with zero attached hydrogens (tertiary/aromatic N) is 5. The molecule has 0 saturated carbocycles. The Morgan fingerprint density at radius 1 is 0.949 bits per heavy atom. The number of aliphatic carboxylic acids is 1. The molecule has 3 aromatic carbocycles. The van der Waals surface area contributed by atoms with E-state index in [9.17, 15) is 14.4 Å². The van der Waals surface area contributed by atoms with Gasteiger partial charge in [0.25, 0.3) is 0 Å². The van der Waals surface area contributed by atoms with Gasteiger partial charge in [0.15, 0.2) is 12.4 Å². The molecule has 0 unspecified atom stereocenters. The Morgan fingerprint density at radius 2 is 1.62 bits per heavy atom. The maximum absolute atomic E-state index is 13.9. The molecule has 5 rings (SSSR count). The van der Waals surface area contributed by atoms with Gasteiger partial charge in [-0.25, -0.2) is 29.2 Å². The summed E-state index contributed by atoms with van der Waals surface area (Å²) in [4.78, 5) is 51.0. The van der Waals surface area contributed by atoms with Gasteiger partial charge in [0.2, 0.25) is 5.95 Å². The van der Waals surface area contributed by atoms with Gasteiger partial charge in [0.05, 0.1) is 25.0 Å². The van der Waals surface area contributed by atoms with E-state index in [0.717, 1.165) is 4.90 Å². The third-order valence-corrected chi connectivity index (χ3v) is 5.91. The molecule has 1 aliphatic heterocycles. The van der Waals surface area contributed by atoms with E-state index >= 15 is 0 Å². The number of hydrogen-bond acceptors (Lipinski definition) is 7. The van der Waals surface area contributed by atoms with Crippen LogP contribution in [0.4, 0.5) is 38.4 Å². The first-order chi connectivity index (χ1) is 19.0. The van der Waals surface area contributed by atoms with Gasteiger partial charge in [-0.1, -0.05) is 36.4 Å². The van der Waals surface area contributed by atoms with Crippen molar-refractivity contribution in [1.29, 1.82) is 0 Å². The number of para-hydroxylation sites is 2. The Morgan fingerprint density at radius 3 is 2.26 bits per heavy atom. The summed E-state index contributed by atoms with van der Waals surface area (Å²) in [6, 6.07) is 24.2. The number of methoxy groups -OCH3 is 1. The Kier molecular flexibility index (Phi) is 7.04. The molecule has 0 aliphatic carbocycles. The Balaban J connectivity index is 1.60. The van der Waals surface area contributed by atoms with Crippen LogP contribution in [0, 0.1) is 0 Å². The van der Waals surface area contributed by atoms with Gasteiger partial charge >= 0.3 is 18.1 Å². The zero-order valence-electron chi connectivity index (χ0n) is 20.8. The van der Waals surface area contributed by atoms with Crippen molar-refractivity contribution in [2.75, 3.05) is 28.4 Å². The molecule has 1 aromatic heterocycles. The molecular weight excluding hydrogens is 502 g/mol. The molecule has 4 aromatic rings. The average Bonchev–Trinajstić information content (AvgIpc) is 2.97. The van der Waals surface area contributed by atoms with Crippen molar-refractivity contribution in [3.63, 3.8) is 0 Å². The molecular formula is C28H23N5O6. The highest BCUT2D eigenvalue weighted by molar-refractivity contribution is 6.10. The van der Waals surface area contributed by atoms with Crippen LogP contribution in [0.15, 0.2) is 91.1 Å². The third kappa shape index (κ3) is 5.18. The van der Waals surface area contributed by atoms with Crippen LogP contribution in [0.3, 0.4) is 0 Å². The van der Waals surface area contributed by atoms with Crippen LogP contribution in [0.2, 0.25) is 0 Å². The van der Waals surface area contributed by atoms with Gasteiger partial charge in [-0.05, 0) is 48.5 Å². The van der Waals surface area contributed by atoms with Crippen molar-refractivity contribution in [3.05, 3.63) is 96.7 Å². The number of ether oxygens (including phenoxy) is 2.